The minimum Gasteiger partial charge on any atom is -0.481 e. The molecule has 8 heteroatoms. The van der Waals surface area contributed by atoms with Gasteiger partial charge in [-0.2, -0.15) is 0 Å². The van der Waals surface area contributed by atoms with Gasteiger partial charge in [-0.25, -0.2) is 0 Å². The van der Waals surface area contributed by atoms with Crippen LogP contribution in [0.2, 0.25) is 5.02 Å². The molecule has 7 nitrogen and oxygen atoms in total. The fourth-order valence-corrected chi connectivity index (χ4v) is 2.62. The van der Waals surface area contributed by atoms with Crippen LogP contribution in [0.4, 0.5) is 5.69 Å². The summed E-state index contributed by atoms with van der Waals surface area (Å²) >= 11 is 6.09. The van der Waals surface area contributed by atoms with Gasteiger partial charge in [0.05, 0.1) is 36.3 Å². The third-order valence-corrected chi connectivity index (χ3v) is 3.75. The van der Waals surface area contributed by atoms with Crippen LogP contribution in [-0.2, 0) is 14.3 Å². The Labute approximate surface area is 138 Å². The summed E-state index contributed by atoms with van der Waals surface area (Å²) < 4.78 is 5.26. The summed E-state index contributed by atoms with van der Waals surface area (Å²) in [5.41, 5.74) is 0.670. The van der Waals surface area contributed by atoms with Crippen LogP contribution in [0.1, 0.15) is 23.7 Å². The highest BCUT2D eigenvalue weighted by Crippen LogP contribution is 2.24. The minimum atomic E-state index is -1.00. The number of carboxylic acid groups (broad SMARTS) is 1. The molecule has 2 amide bonds. The van der Waals surface area contributed by atoms with E-state index in [-0.39, 0.29) is 42.0 Å². The zero-order chi connectivity index (χ0) is 17.0. The number of anilines is 1. The number of nitrogens with zero attached hydrogens (tertiary/aromatic N) is 1. The van der Waals surface area contributed by atoms with E-state index in [2.05, 4.69) is 5.32 Å². The van der Waals surface area contributed by atoms with E-state index in [0.717, 1.165) is 0 Å². The third kappa shape index (κ3) is 4.43. The summed E-state index contributed by atoms with van der Waals surface area (Å²) in [5.74, 6) is -1.64. The largest absolute Gasteiger partial charge is 0.481 e. The van der Waals surface area contributed by atoms with E-state index in [4.69, 9.17) is 21.4 Å². The molecular formula is C15H17ClN2O5. The van der Waals surface area contributed by atoms with Crippen LogP contribution < -0.4 is 5.32 Å². The monoisotopic (exact) mass is 340 g/mol. The molecule has 23 heavy (non-hydrogen) atoms. The summed E-state index contributed by atoms with van der Waals surface area (Å²) in [6, 6.07) is 4.05. The molecule has 0 bridgehead atoms. The molecule has 1 aromatic carbocycles. The number of carbonyl (C=O) groups is 3. The van der Waals surface area contributed by atoms with Gasteiger partial charge in [-0.1, -0.05) is 11.6 Å². The molecule has 1 saturated heterocycles. The first-order chi connectivity index (χ1) is 10.9. The van der Waals surface area contributed by atoms with Gasteiger partial charge in [0.2, 0.25) is 5.91 Å². The Morgan fingerprint density at radius 2 is 2.17 bits per heavy atom. The average molecular weight is 341 g/mol. The van der Waals surface area contributed by atoms with Crippen molar-refractivity contribution < 1.29 is 24.2 Å². The number of carbonyl (C=O) groups excluding carboxylic acids is 2. The molecule has 2 N–H and O–H groups in total. The fourth-order valence-electron chi connectivity index (χ4n) is 2.42. The molecule has 0 spiro atoms. The van der Waals surface area contributed by atoms with Gasteiger partial charge >= 0.3 is 5.97 Å². The Morgan fingerprint density at radius 1 is 1.43 bits per heavy atom. The number of rotatable bonds is 4. The Kier molecular flexibility index (Phi) is 5.57. The average Bonchev–Trinajstić information content (AvgIpc) is 2.48. The molecule has 124 valence electrons. The number of amides is 2. The Morgan fingerprint density at radius 3 is 2.83 bits per heavy atom. The molecule has 1 aromatic rings. The Bertz CT molecular complexity index is 634. The molecule has 1 aliphatic rings. The van der Waals surface area contributed by atoms with Crippen LogP contribution in [-0.4, -0.2) is 53.6 Å². The van der Waals surface area contributed by atoms with Crippen molar-refractivity contribution in [1.29, 1.82) is 0 Å². The number of halogens is 1. The van der Waals surface area contributed by atoms with Crippen molar-refractivity contribution in [1.82, 2.24) is 4.90 Å². The van der Waals surface area contributed by atoms with Gasteiger partial charge in [0.1, 0.15) is 0 Å². The first-order valence-electron chi connectivity index (χ1n) is 7.06. The predicted molar refractivity (Wildman–Crippen MR) is 83.7 cm³/mol. The number of benzene rings is 1. The van der Waals surface area contributed by atoms with E-state index >= 15 is 0 Å². The van der Waals surface area contributed by atoms with Crippen LogP contribution in [0.25, 0.3) is 0 Å². The topological polar surface area (TPSA) is 95.9 Å². The van der Waals surface area contributed by atoms with Crippen molar-refractivity contribution in [3.63, 3.8) is 0 Å². The second-order valence-electron chi connectivity index (χ2n) is 5.20. The lowest BCUT2D eigenvalue weighted by molar-refractivity contribution is -0.139. The summed E-state index contributed by atoms with van der Waals surface area (Å²) in [7, 11) is 0. The molecule has 1 aliphatic heterocycles. The fraction of sp³-hybridized carbons (Fsp3) is 0.400. The maximum absolute atomic E-state index is 12.7. The summed E-state index contributed by atoms with van der Waals surface area (Å²) in [6.07, 6.45) is -0.200. The molecular weight excluding hydrogens is 324 g/mol. The first kappa shape index (κ1) is 17.2. The molecule has 0 saturated carbocycles. The van der Waals surface area contributed by atoms with Crippen LogP contribution in [0, 0.1) is 0 Å². The van der Waals surface area contributed by atoms with Crippen molar-refractivity contribution in [3.05, 3.63) is 28.8 Å². The molecule has 1 heterocycles. The lowest BCUT2D eigenvalue weighted by Gasteiger charge is -2.35. The van der Waals surface area contributed by atoms with Crippen molar-refractivity contribution in [2.24, 2.45) is 0 Å². The highest BCUT2D eigenvalue weighted by Gasteiger charge is 2.30. The van der Waals surface area contributed by atoms with E-state index in [1.165, 1.54) is 24.0 Å². The standard InChI is InChI=1S/C15H17ClN2O5/c1-9(19)17-10-2-3-13(16)12(6-10)15(22)18-4-5-23-8-11(18)7-14(20)21/h2-3,6,11H,4-5,7-8H2,1H3,(H,17,19)(H,20,21)/t11-/m0/s1. The van der Waals surface area contributed by atoms with Gasteiger partial charge in [-0.05, 0) is 18.2 Å². The SMILES string of the molecule is CC(=O)Nc1ccc(Cl)c(C(=O)N2CCOC[C@@H]2CC(=O)O)c1. The number of hydrogen-bond donors (Lipinski definition) is 2. The number of nitrogens with one attached hydrogen (secondary N) is 1. The van der Waals surface area contributed by atoms with Crippen LogP contribution in [0.15, 0.2) is 18.2 Å². The van der Waals surface area contributed by atoms with Gasteiger partial charge in [0.25, 0.3) is 5.91 Å². The van der Waals surface area contributed by atoms with E-state index in [1.54, 1.807) is 6.07 Å². The number of ether oxygens (including phenoxy) is 1. The van der Waals surface area contributed by atoms with Gasteiger partial charge in [-0.15, -0.1) is 0 Å². The van der Waals surface area contributed by atoms with Gasteiger partial charge < -0.3 is 20.1 Å². The zero-order valence-electron chi connectivity index (χ0n) is 12.5. The molecule has 0 unspecified atom stereocenters. The van der Waals surface area contributed by atoms with Crippen molar-refractivity contribution in [3.8, 4) is 0 Å². The van der Waals surface area contributed by atoms with Crippen LogP contribution in [0.3, 0.4) is 0 Å². The van der Waals surface area contributed by atoms with Gasteiger partial charge in [-0.3, -0.25) is 14.4 Å². The smallest absolute Gasteiger partial charge is 0.305 e. The van der Waals surface area contributed by atoms with E-state index < -0.39 is 12.0 Å². The number of carboxylic acids is 1. The second-order valence-corrected chi connectivity index (χ2v) is 5.61. The molecule has 1 fully saturated rings. The highest BCUT2D eigenvalue weighted by atomic mass is 35.5. The molecule has 0 aliphatic carbocycles. The maximum atomic E-state index is 12.7. The Balaban J connectivity index is 2.26. The number of aliphatic carboxylic acids is 1. The van der Waals surface area contributed by atoms with E-state index in [9.17, 15) is 14.4 Å². The predicted octanol–water partition coefficient (Wildman–Crippen LogP) is 1.61. The molecule has 0 radical (unpaired) electrons. The van der Waals surface area contributed by atoms with Crippen molar-refractivity contribution in [2.75, 3.05) is 25.1 Å². The zero-order valence-corrected chi connectivity index (χ0v) is 13.3. The second kappa shape index (κ2) is 7.43. The van der Waals surface area contributed by atoms with Crippen LogP contribution in [0.5, 0.6) is 0 Å². The summed E-state index contributed by atoms with van der Waals surface area (Å²) in [4.78, 5) is 36.3. The Hall–Kier alpha value is -2.12. The first-order valence-corrected chi connectivity index (χ1v) is 7.44. The minimum absolute atomic E-state index is 0.168. The number of hydrogen-bond acceptors (Lipinski definition) is 4. The van der Waals surface area contributed by atoms with E-state index in [1.807, 2.05) is 0 Å². The van der Waals surface area contributed by atoms with E-state index in [0.29, 0.717) is 12.3 Å². The highest BCUT2D eigenvalue weighted by molar-refractivity contribution is 6.34. The van der Waals surface area contributed by atoms with Crippen LogP contribution >= 0.6 is 11.6 Å². The lowest BCUT2D eigenvalue weighted by atomic mass is 10.1. The van der Waals surface area contributed by atoms with Crippen molar-refractivity contribution in [2.45, 2.75) is 19.4 Å². The quantitative estimate of drug-likeness (QED) is 0.868. The summed E-state index contributed by atoms with van der Waals surface area (Å²) in [5, 5.41) is 11.8. The molecule has 2 rings (SSSR count). The summed E-state index contributed by atoms with van der Waals surface area (Å²) in [6.45, 7) is 2.16. The normalized spacial score (nSPS) is 17.7. The van der Waals surface area contributed by atoms with Crippen molar-refractivity contribution >= 4 is 35.1 Å². The third-order valence-electron chi connectivity index (χ3n) is 3.42. The molecule has 1 atom stereocenters. The number of morpholine rings is 1. The van der Waals surface area contributed by atoms with Gasteiger partial charge in [0.15, 0.2) is 0 Å². The molecule has 0 aromatic heterocycles. The lowest BCUT2D eigenvalue weighted by Crippen LogP contribution is -2.49. The maximum Gasteiger partial charge on any atom is 0.305 e. The van der Waals surface area contributed by atoms with Gasteiger partial charge in [0, 0.05) is 19.2 Å².